The highest BCUT2D eigenvalue weighted by Crippen LogP contribution is 2.23. The zero-order valence-electron chi connectivity index (χ0n) is 18.0. The fourth-order valence-electron chi connectivity index (χ4n) is 2.93. The van der Waals surface area contributed by atoms with Crippen molar-refractivity contribution < 1.29 is 9.59 Å². The molecule has 32 heavy (non-hydrogen) atoms. The van der Waals surface area contributed by atoms with Crippen molar-refractivity contribution in [2.45, 2.75) is 19.0 Å². The molecule has 3 rings (SSSR count). The van der Waals surface area contributed by atoms with E-state index < -0.39 is 0 Å². The van der Waals surface area contributed by atoms with Crippen LogP contribution in [-0.4, -0.2) is 47.4 Å². The minimum atomic E-state index is -0.340. The molecule has 0 aliphatic carbocycles. The average Bonchev–Trinajstić information content (AvgIpc) is 3.20. The second-order valence-electron chi connectivity index (χ2n) is 7.46. The Morgan fingerprint density at radius 2 is 2.00 bits per heavy atom. The maximum absolute atomic E-state index is 12.5. The lowest BCUT2D eigenvalue weighted by Crippen LogP contribution is -2.38. The number of nitrogens with two attached hydrogens (primary N) is 1. The van der Waals surface area contributed by atoms with Crippen LogP contribution in [0.3, 0.4) is 0 Å². The molecule has 1 unspecified atom stereocenters. The third-order valence-corrected chi connectivity index (χ3v) is 5.45. The van der Waals surface area contributed by atoms with Crippen LogP contribution in [0.25, 0.3) is 0 Å². The predicted octanol–water partition coefficient (Wildman–Crippen LogP) is 2.86. The van der Waals surface area contributed by atoms with Gasteiger partial charge in [-0.1, -0.05) is 12.1 Å². The van der Waals surface area contributed by atoms with E-state index in [2.05, 4.69) is 25.9 Å². The summed E-state index contributed by atoms with van der Waals surface area (Å²) in [4.78, 5) is 35.4. The van der Waals surface area contributed by atoms with Gasteiger partial charge in [0.25, 0.3) is 5.91 Å². The summed E-state index contributed by atoms with van der Waals surface area (Å²) in [7, 11) is 3.94. The van der Waals surface area contributed by atoms with Crippen LogP contribution in [0.2, 0.25) is 0 Å². The number of thiophene rings is 1. The largest absolute Gasteiger partial charge is 0.396 e. The SMILES string of the molecule is CN(C)CCC(NC(=O)NCc1ccccn1)c1ccc(C(=O)Nc2cscc2N)nc1. The van der Waals surface area contributed by atoms with Crippen molar-refractivity contribution >= 4 is 34.6 Å². The molecule has 0 aromatic carbocycles. The molecule has 3 aromatic rings. The van der Waals surface area contributed by atoms with E-state index in [4.69, 9.17) is 5.73 Å². The number of nitrogens with one attached hydrogen (secondary N) is 3. The Balaban J connectivity index is 1.64. The number of amides is 3. The highest BCUT2D eigenvalue weighted by Gasteiger charge is 2.17. The van der Waals surface area contributed by atoms with Crippen molar-refractivity contribution in [3.63, 3.8) is 0 Å². The van der Waals surface area contributed by atoms with Gasteiger partial charge in [0.2, 0.25) is 0 Å². The molecule has 1 atom stereocenters. The summed E-state index contributed by atoms with van der Waals surface area (Å²) in [5, 5.41) is 12.1. The topological polar surface area (TPSA) is 125 Å². The predicted molar refractivity (Wildman–Crippen MR) is 126 cm³/mol. The minimum Gasteiger partial charge on any atom is -0.396 e. The fraction of sp³-hybridized carbons (Fsp3) is 0.273. The summed E-state index contributed by atoms with van der Waals surface area (Å²) >= 11 is 1.41. The van der Waals surface area contributed by atoms with Gasteiger partial charge in [-0.15, -0.1) is 11.3 Å². The first-order valence-electron chi connectivity index (χ1n) is 10.1. The summed E-state index contributed by atoms with van der Waals surface area (Å²) in [5.41, 5.74) is 8.76. The summed E-state index contributed by atoms with van der Waals surface area (Å²) < 4.78 is 0. The number of nitrogen functional groups attached to an aromatic ring is 1. The number of hydrogen-bond donors (Lipinski definition) is 4. The van der Waals surface area contributed by atoms with E-state index in [-0.39, 0.29) is 23.7 Å². The zero-order valence-corrected chi connectivity index (χ0v) is 18.9. The smallest absolute Gasteiger partial charge is 0.315 e. The number of urea groups is 1. The fourth-order valence-corrected chi connectivity index (χ4v) is 3.61. The number of rotatable bonds is 9. The number of carbonyl (C=O) groups is 2. The van der Waals surface area contributed by atoms with Crippen molar-refractivity contribution in [2.75, 3.05) is 31.7 Å². The molecule has 0 spiro atoms. The van der Waals surface area contributed by atoms with Crippen molar-refractivity contribution in [1.82, 2.24) is 25.5 Å². The lowest BCUT2D eigenvalue weighted by molar-refractivity contribution is 0.102. The van der Waals surface area contributed by atoms with Crippen molar-refractivity contribution in [3.05, 3.63) is 70.4 Å². The quantitative estimate of drug-likeness (QED) is 0.395. The molecule has 9 nitrogen and oxygen atoms in total. The van der Waals surface area contributed by atoms with Crippen molar-refractivity contribution in [2.24, 2.45) is 0 Å². The van der Waals surface area contributed by atoms with Crippen LogP contribution in [0.15, 0.2) is 53.5 Å². The standard InChI is InChI=1S/C22H27N7O2S/c1-29(2)10-8-18(28-22(31)26-12-16-5-3-4-9-24-16)15-6-7-19(25-11-15)21(30)27-20-14-32-13-17(20)23/h3-7,9,11,13-14,18H,8,10,12,23H2,1-2H3,(H,27,30)(H2,26,28,31). The Hall–Kier alpha value is -3.50. The molecule has 5 N–H and O–H groups in total. The van der Waals surface area contributed by atoms with Gasteiger partial charge >= 0.3 is 6.03 Å². The lowest BCUT2D eigenvalue weighted by Gasteiger charge is -2.21. The highest BCUT2D eigenvalue weighted by atomic mass is 32.1. The van der Waals surface area contributed by atoms with Gasteiger partial charge in [-0.05, 0) is 50.8 Å². The van der Waals surface area contributed by atoms with E-state index in [9.17, 15) is 9.59 Å². The maximum atomic E-state index is 12.5. The van der Waals surface area contributed by atoms with E-state index in [1.165, 1.54) is 11.3 Å². The van der Waals surface area contributed by atoms with Gasteiger partial charge in [-0.25, -0.2) is 4.79 Å². The van der Waals surface area contributed by atoms with Crippen molar-refractivity contribution in [3.8, 4) is 0 Å². The minimum absolute atomic E-state index is 0.265. The van der Waals surface area contributed by atoms with Gasteiger partial charge in [0.15, 0.2) is 0 Å². The molecule has 0 fully saturated rings. The van der Waals surface area contributed by atoms with Crippen LogP contribution in [0, 0.1) is 0 Å². The molecule has 0 aliphatic rings. The third kappa shape index (κ3) is 6.76. The van der Waals surface area contributed by atoms with Crippen LogP contribution in [0.1, 0.15) is 34.2 Å². The first-order chi connectivity index (χ1) is 15.4. The molecule has 0 radical (unpaired) electrons. The summed E-state index contributed by atoms with van der Waals surface area (Å²) in [6, 6.07) is 8.43. The van der Waals surface area contributed by atoms with Gasteiger partial charge < -0.3 is 26.6 Å². The number of hydrogen-bond acceptors (Lipinski definition) is 7. The maximum Gasteiger partial charge on any atom is 0.315 e. The summed E-state index contributed by atoms with van der Waals surface area (Å²) in [6.45, 7) is 1.10. The molecular weight excluding hydrogens is 426 g/mol. The van der Waals surface area contributed by atoms with Gasteiger partial charge in [0.05, 0.1) is 29.7 Å². The zero-order chi connectivity index (χ0) is 22.9. The van der Waals surface area contributed by atoms with Gasteiger partial charge in [0, 0.05) is 23.2 Å². The molecule has 3 amide bonds. The van der Waals surface area contributed by atoms with Crippen LogP contribution in [0.5, 0.6) is 0 Å². The van der Waals surface area contributed by atoms with E-state index in [0.29, 0.717) is 24.3 Å². The van der Waals surface area contributed by atoms with Crippen molar-refractivity contribution in [1.29, 1.82) is 0 Å². The van der Waals surface area contributed by atoms with E-state index in [1.807, 2.05) is 37.2 Å². The Bertz CT molecular complexity index is 1020. The lowest BCUT2D eigenvalue weighted by atomic mass is 10.1. The number of carbonyl (C=O) groups excluding carboxylic acids is 2. The van der Waals surface area contributed by atoms with Crippen LogP contribution < -0.4 is 21.7 Å². The second-order valence-corrected chi connectivity index (χ2v) is 8.21. The van der Waals surface area contributed by atoms with Gasteiger partial charge in [-0.3, -0.25) is 14.8 Å². The molecule has 0 saturated carbocycles. The molecule has 168 valence electrons. The first-order valence-corrected chi connectivity index (χ1v) is 11.0. The molecule has 0 aliphatic heterocycles. The van der Waals surface area contributed by atoms with E-state index in [1.54, 1.807) is 35.3 Å². The number of nitrogens with zero attached hydrogens (tertiary/aromatic N) is 3. The normalized spacial score (nSPS) is 11.7. The highest BCUT2D eigenvalue weighted by molar-refractivity contribution is 7.09. The molecule has 10 heteroatoms. The number of anilines is 2. The number of pyridine rings is 2. The summed E-state index contributed by atoms with van der Waals surface area (Å²) in [6.07, 6.45) is 3.98. The Kier molecular flexibility index (Phi) is 8.12. The van der Waals surface area contributed by atoms with E-state index >= 15 is 0 Å². The molecule has 0 saturated heterocycles. The van der Waals surface area contributed by atoms with E-state index in [0.717, 1.165) is 17.8 Å². The Labute approximate surface area is 191 Å². The summed E-state index contributed by atoms with van der Waals surface area (Å²) in [5.74, 6) is -0.340. The van der Waals surface area contributed by atoms with Gasteiger partial charge in [-0.2, -0.15) is 0 Å². The number of aromatic nitrogens is 2. The molecule has 0 bridgehead atoms. The second kappa shape index (κ2) is 11.2. The Morgan fingerprint density at radius 1 is 1.16 bits per heavy atom. The van der Waals surface area contributed by atoms with Crippen LogP contribution >= 0.6 is 11.3 Å². The van der Waals surface area contributed by atoms with Gasteiger partial charge in [0.1, 0.15) is 5.69 Å². The molecule has 3 aromatic heterocycles. The van der Waals surface area contributed by atoms with Crippen LogP contribution in [-0.2, 0) is 6.54 Å². The molecule has 3 heterocycles. The average molecular weight is 454 g/mol. The Morgan fingerprint density at radius 3 is 2.62 bits per heavy atom. The monoisotopic (exact) mass is 453 g/mol. The molecular formula is C22H27N7O2S. The van der Waals surface area contributed by atoms with Crippen LogP contribution in [0.4, 0.5) is 16.2 Å². The first kappa shape index (κ1) is 23.2. The third-order valence-electron chi connectivity index (χ3n) is 4.69.